The Hall–Kier alpha value is -1.53. The van der Waals surface area contributed by atoms with E-state index in [0.717, 1.165) is 18.2 Å². The molecule has 2 heterocycles. The van der Waals surface area contributed by atoms with Crippen molar-refractivity contribution >= 4 is 36.5 Å². The van der Waals surface area contributed by atoms with Crippen LogP contribution in [0.15, 0.2) is 45.6 Å². The lowest BCUT2D eigenvalue weighted by Crippen LogP contribution is -2.44. The highest BCUT2D eigenvalue weighted by atomic mass is 32.2. The minimum atomic E-state index is -3.85. The number of thiazole rings is 1. The molecule has 1 aliphatic rings. The summed E-state index contributed by atoms with van der Waals surface area (Å²) in [6, 6.07) is 4.70. The third kappa shape index (κ3) is 4.36. The van der Waals surface area contributed by atoms with Gasteiger partial charge in [-0.25, -0.2) is 31.7 Å². The fourth-order valence-corrected chi connectivity index (χ4v) is 5.17. The number of nitrogens with two attached hydrogens (primary N) is 1. The second kappa shape index (κ2) is 7.00. The number of aromatic nitrogens is 1. The molecule has 8 nitrogen and oxygen atoms in total. The molecular weight excluding hydrogens is 384 g/mol. The van der Waals surface area contributed by atoms with Gasteiger partial charge in [-0.3, -0.25) is 0 Å². The van der Waals surface area contributed by atoms with Crippen LogP contribution in [0.5, 0.6) is 0 Å². The van der Waals surface area contributed by atoms with Gasteiger partial charge in [0.05, 0.1) is 9.79 Å². The van der Waals surface area contributed by atoms with Gasteiger partial charge in [-0.2, -0.15) is 0 Å². The maximum Gasteiger partial charge on any atom is 0.240 e. The quantitative estimate of drug-likeness (QED) is 0.760. The molecule has 1 saturated heterocycles. The van der Waals surface area contributed by atoms with Crippen molar-refractivity contribution in [2.24, 2.45) is 5.14 Å². The summed E-state index contributed by atoms with van der Waals surface area (Å²) in [7, 11) is -7.56. The number of piperidine rings is 1. The third-order valence-corrected chi connectivity index (χ3v) is 7.27. The molecule has 136 valence electrons. The van der Waals surface area contributed by atoms with Gasteiger partial charge in [-0.05, 0) is 37.1 Å². The lowest BCUT2D eigenvalue weighted by molar-refractivity contribution is 0.460. The Kier molecular flexibility index (Phi) is 5.11. The van der Waals surface area contributed by atoms with E-state index >= 15 is 0 Å². The molecule has 0 spiro atoms. The first-order chi connectivity index (χ1) is 11.8. The molecule has 0 unspecified atom stereocenters. The van der Waals surface area contributed by atoms with Crippen molar-refractivity contribution < 1.29 is 16.8 Å². The summed E-state index contributed by atoms with van der Waals surface area (Å²) in [4.78, 5) is 6.29. The minimum Gasteiger partial charge on any atom is -0.348 e. The number of primary sulfonamides is 1. The highest BCUT2D eigenvalue weighted by molar-refractivity contribution is 7.89. The number of nitrogens with zero attached hydrogens (tertiary/aromatic N) is 2. The van der Waals surface area contributed by atoms with Crippen molar-refractivity contribution in [1.82, 2.24) is 9.71 Å². The zero-order valence-corrected chi connectivity index (χ0v) is 15.6. The Balaban J connectivity index is 1.64. The maximum atomic E-state index is 12.5. The van der Waals surface area contributed by atoms with Crippen molar-refractivity contribution in [3.8, 4) is 0 Å². The van der Waals surface area contributed by atoms with Crippen LogP contribution in [0.2, 0.25) is 0 Å². The molecule has 1 aromatic heterocycles. The molecule has 3 rings (SSSR count). The topological polar surface area (TPSA) is 122 Å². The van der Waals surface area contributed by atoms with E-state index in [2.05, 4.69) is 14.6 Å². The van der Waals surface area contributed by atoms with E-state index in [-0.39, 0.29) is 15.8 Å². The van der Waals surface area contributed by atoms with Gasteiger partial charge in [0.25, 0.3) is 0 Å². The number of hydrogen-bond acceptors (Lipinski definition) is 7. The molecule has 0 amide bonds. The molecule has 11 heteroatoms. The normalized spacial score (nSPS) is 16.9. The van der Waals surface area contributed by atoms with Crippen LogP contribution in [0.1, 0.15) is 12.8 Å². The molecule has 0 saturated carbocycles. The summed E-state index contributed by atoms with van der Waals surface area (Å²) in [6.07, 6.45) is 3.10. The van der Waals surface area contributed by atoms with Crippen LogP contribution in [0.25, 0.3) is 0 Å². The average molecular weight is 403 g/mol. The third-order valence-electron chi connectivity index (χ3n) is 3.97. The highest BCUT2D eigenvalue weighted by Crippen LogP contribution is 2.23. The van der Waals surface area contributed by atoms with Gasteiger partial charge < -0.3 is 4.90 Å². The number of nitrogens with one attached hydrogen (secondary N) is 1. The lowest BCUT2D eigenvalue weighted by atomic mass is 10.1. The zero-order chi connectivity index (χ0) is 18.1. The van der Waals surface area contributed by atoms with Gasteiger partial charge in [0, 0.05) is 30.7 Å². The fraction of sp³-hybridized carbons (Fsp3) is 0.357. The number of hydrogen-bond donors (Lipinski definition) is 2. The zero-order valence-electron chi connectivity index (χ0n) is 13.2. The standard InChI is InChI=1S/C14H18N4O4S3/c15-24(19,20)12-1-3-13(4-2-12)25(21,22)17-11-5-8-18(9-6-11)14-16-7-10-23-14/h1-4,7,10-11,17H,5-6,8-9H2,(H2,15,19,20). The Morgan fingerprint density at radius 3 is 2.20 bits per heavy atom. The molecule has 1 aromatic carbocycles. The van der Waals surface area contributed by atoms with Crippen molar-refractivity contribution in [3.05, 3.63) is 35.8 Å². The lowest BCUT2D eigenvalue weighted by Gasteiger charge is -2.31. The van der Waals surface area contributed by atoms with Gasteiger partial charge in [0.15, 0.2) is 5.13 Å². The Morgan fingerprint density at radius 2 is 1.68 bits per heavy atom. The van der Waals surface area contributed by atoms with Crippen molar-refractivity contribution in [3.63, 3.8) is 0 Å². The van der Waals surface area contributed by atoms with E-state index in [1.165, 1.54) is 24.3 Å². The Morgan fingerprint density at radius 1 is 1.08 bits per heavy atom. The second-order valence-corrected chi connectivity index (χ2v) is 9.86. The molecular formula is C14H18N4O4S3. The monoisotopic (exact) mass is 402 g/mol. The van der Waals surface area contributed by atoms with E-state index in [1.54, 1.807) is 17.5 Å². The smallest absolute Gasteiger partial charge is 0.240 e. The maximum absolute atomic E-state index is 12.5. The van der Waals surface area contributed by atoms with Crippen LogP contribution in [-0.4, -0.2) is 41.0 Å². The average Bonchev–Trinajstić information content (AvgIpc) is 3.09. The first-order valence-corrected chi connectivity index (χ1v) is 11.5. The van der Waals surface area contributed by atoms with Gasteiger partial charge in [-0.1, -0.05) is 0 Å². The van der Waals surface area contributed by atoms with E-state index in [4.69, 9.17) is 5.14 Å². The van der Waals surface area contributed by atoms with Gasteiger partial charge >= 0.3 is 0 Å². The summed E-state index contributed by atoms with van der Waals surface area (Å²) >= 11 is 1.56. The first kappa shape index (κ1) is 18.3. The summed E-state index contributed by atoms with van der Waals surface area (Å²) < 4.78 is 50.1. The molecule has 0 aliphatic carbocycles. The predicted molar refractivity (Wildman–Crippen MR) is 95.5 cm³/mol. The van der Waals surface area contributed by atoms with Crippen LogP contribution < -0.4 is 14.8 Å². The van der Waals surface area contributed by atoms with Crippen LogP contribution in [-0.2, 0) is 20.0 Å². The van der Waals surface area contributed by atoms with Crippen LogP contribution in [0.4, 0.5) is 5.13 Å². The predicted octanol–water partition coefficient (Wildman–Crippen LogP) is 0.738. The number of anilines is 1. The second-order valence-electron chi connectivity index (χ2n) is 5.71. The van der Waals surface area contributed by atoms with E-state index in [1.807, 2.05) is 5.38 Å². The van der Waals surface area contributed by atoms with Crippen LogP contribution in [0, 0.1) is 0 Å². The largest absolute Gasteiger partial charge is 0.348 e. The molecule has 1 fully saturated rings. The van der Waals surface area contributed by atoms with Crippen molar-refractivity contribution in [1.29, 1.82) is 0 Å². The Labute approximate surface area is 150 Å². The molecule has 3 N–H and O–H groups in total. The number of sulfonamides is 2. The van der Waals surface area contributed by atoms with Crippen molar-refractivity contribution in [2.45, 2.75) is 28.7 Å². The van der Waals surface area contributed by atoms with E-state index in [9.17, 15) is 16.8 Å². The molecule has 0 atom stereocenters. The van der Waals surface area contributed by atoms with Crippen molar-refractivity contribution in [2.75, 3.05) is 18.0 Å². The van der Waals surface area contributed by atoms with E-state index < -0.39 is 20.0 Å². The summed E-state index contributed by atoms with van der Waals surface area (Å²) in [5, 5.41) is 7.87. The highest BCUT2D eigenvalue weighted by Gasteiger charge is 2.25. The van der Waals surface area contributed by atoms with Crippen LogP contribution >= 0.6 is 11.3 Å². The molecule has 2 aromatic rings. The molecule has 25 heavy (non-hydrogen) atoms. The molecule has 0 radical (unpaired) electrons. The summed E-state index contributed by atoms with van der Waals surface area (Å²) in [6.45, 7) is 1.45. The van der Waals surface area contributed by atoms with Gasteiger partial charge in [-0.15, -0.1) is 11.3 Å². The fourth-order valence-electron chi connectivity index (χ4n) is 2.66. The van der Waals surface area contributed by atoms with E-state index in [0.29, 0.717) is 12.8 Å². The molecule has 1 aliphatic heterocycles. The summed E-state index contributed by atoms with van der Waals surface area (Å²) in [5.41, 5.74) is 0. The number of rotatable bonds is 5. The SMILES string of the molecule is NS(=O)(=O)c1ccc(S(=O)(=O)NC2CCN(c3nccs3)CC2)cc1. The molecule has 0 bridgehead atoms. The first-order valence-electron chi connectivity index (χ1n) is 7.55. The Bertz CT molecular complexity index is 917. The minimum absolute atomic E-state index is 0.0160. The summed E-state index contributed by atoms with van der Waals surface area (Å²) in [5.74, 6) is 0. The van der Waals surface area contributed by atoms with Gasteiger partial charge in [0.1, 0.15) is 0 Å². The van der Waals surface area contributed by atoms with Crippen LogP contribution in [0.3, 0.4) is 0 Å². The van der Waals surface area contributed by atoms with Gasteiger partial charge in [0.2, 0.25) is 20.0 Å². The number of benzene rings is 1.